The second-order valence-electron chi connectivity index (χ2n) is 16.7. The Labute approximate surface area is 318 Å². The number of hydrogen-bond donors (Lipinski definition) is 4. The number of amides is 4. The molecule has 1 aromatic carbocycles. The fraction of sp³-hybridized carbons (Fsp3) is 0.707. The van der Waals surface area contributed by atoms with Crippen LogP contribution in [0.4, 0.5) is 4.79 Å². The Morgan fingerprint density at radius 2 is 1.83 bits per heavy atom. The van der Waals surface area contributed by atoms with Gasteiger partial charge in [-0.2, -0.15) is 4.55 Å². The van der Waals surface area contributed by atoms with Gasteiger partial charge in [-0.05, 0) is 87.3 Å². The number of methoxy groups -OCH3 is 1. The van der Waals surface area contributed by atoms with Gasteiger partial charge in [-0.25, -0.2) is 4.79 Å². The van der Waals surface area contributed by atoms with Crippen LogP contribution in [0.1, 0.15) is 114 Å². The molecule has 4 saturated carbocycles. The Morgan fingerprint density at radius 1 is 1.06 bits per heavy atom. The minimum Gasteiger partial charge on any atom is -0.453 e. The molecule has 11 nitrogen and oxygen atoms in total. The topological polar surface area (TPSA) is 140 Å². The van der Waals surface area contributed by atoms with Crippen molar-refractivity contribution in [1.29, 1.82) is 0 Å². The van der Waals surface area contributed by atoms with Crippen molar-refractivity contribution in [1.82, 2.24) is 25.2 Å². The third-order valence-electron chi connectivity index (χ3n) is 13.1. The van der Waals surface area contributed by atoms with Crippen LogP contribution in [-0.4, -0.2) is 80.7 Å². The van der Waals surface area contributed by atoms with Gasteiger partial charge >= 0.3 is 6.09 Å². The lowest BCUT2D eigenvalue weighted by molar-refractivity contribution is -0.142. The smallest absolute Gasteiger partial charge is 0.410 e. The van der Waals surface area contributed by atoms with E-state index >= 15 is 0 Å². The van der Waals surface area contributed by atoms with Crippen LogP contribution in [0.15, 0.2) is 30.9 Å². The summed E-state index contributed by atoms with van der Waals surface area (Å²) in [6.07, 6.45) is 16.2. The number of carbonyl (C=O) groups excluding carboxylic acids is 4. The van der Waals surface area contributed by atoms with Crippen molar-refractivity contribution in [2.75, 3.05) is 13.7 Å². The first-order chi connectivity index (χ1) is 25.6. The van der Waals surface area contributed by atoms with Gasteiger partial charge < -0.3 is 20.3 Å². The van der Waals surface area contributed by atoms with Crippen LogP contribution in [0.3, 0.4) is 0 Å². The number of unbranched alkanes of at least 4 members (excludes halogenated alkanes) is 3. The van der Waals surface area contributed by atoms with Gasteiger partial charge in [0.1, 0.15) is 11.6 Å². The van der Waals surface area contributed by atoms with E-state index in [1.807, 2.05) is 0 Å². The molecule has 7 rings (SSSR count). The number of hydrogen-bond acceptors (Lipinski definition) is 7. The normalized spacial score (nSPS) is 30.1. The summed E-state index contributed by atoms with van der Waals surface area (Å²) in [5.74, 6) is 0.540. The summed E-state index contributed by atoms with van der Waals surface area (Å²) in [7, 11) is 1.43. The Balaban J connectivity index is 0.898. The van der Waals surface area contributed by atoms with E-state index < -0.39 is 22.9 Å². The maximum Gasteiger partial charge on any atom is 0.410 e. The summed E-state index contributed by atoms with van der Waals surface area (Å²) < 4.78 is 18.3. The Bertz CT molecular complexity index is 1540. The van der Waals surface area contributed by atoms with Gasteiger partial charge in [0, 0.05) is 43.4 Å². The largest absolute Gasteiger partial charge is 0.453 e. The maximum atomic E-state index is 14.4. The summed E-state index contributed by atoms with van der Waals surface area (Å²) in [6.45, 7) is 7.83. The van der Waals surface area contributed by atoms with Gasteiger partial charge in [0.25, 0.3) is 17.3 Å². The van der Waals surface area contributed by atoms with Crippen molar-refractivity contribution in [3.63, 3.8) is 0 Å². The van der Waals surface area contributed by atoms with Crippen LogP contribution in [0.2, 0.25) is 0 Å². The Kier molecular flexibility index (Phi) is 11.8. The Hall–Kier alpha value is -3.09. The molecule has 6 aliphatic rings. The third kappa shape index (κ3) is 8.29. The van der Waals surface area contributed by atoms with E-state index in [2.05, 4.69) is 47.1 Å². The second-order valence-corrected chi connectivity index (χ2v) is 18.1. The van der Waals surface area contributed by atoms with Crippen LogP contribution in [0.5, 0.6) is 0 Å². The molecule has 8 atom stereocenters. The zero-order chi connectivity index (χ0) is 37.3. The summed E-state index contributed by atoms with van der Waals surface area (Å²) in [5.41, 5.74) is 2.70. The summed E-state index contributed by atoms with van der Waals surface area (Å²) in [6, 6.07) is 5.61. The van der Waals surface area contributed by atoms with Gasteiger partial charge in [0.2, 0.25) is 11.8 Å². The second kappa shape index (κ2) is 16.3. The number of fused-ring (bicyclic) bond motifs is 2. The van der Waals surface area contributed by atoms with Crippen LogP contribution in [-0.2, 0) is 50.0 Å². The van der Waals surface area contributed by atoms with E-state index in [4.69, 9.17) is 4.74 Å². The lowest BCUT2D eigenvalue weighted by atomic mass is 9.82. The zero-order valence-electron chi connectivity index (χ0n) is 31.7. The van der Waals surface area contributed by atoms with Crippen molar-refractivity contribution < 1.29 is 28.5 Å². The summed E-state index contributed by atoms with van der Waals surface area (Å²) in [5, 5.41) is 6.98. The average molecular weight is 751 g/mol. The first kappa shape index (κ1) is 38.2. The molecule has 5 fully saturated rings. The number of nitrogens with one attached hydrogen (secondary N) is 3. The van der Waals surface area contributed by atoms with Gasteiger partial charge in [-0.15, -0.1) is 11.3 Å². The minimum atomic E-state index is -1.18. The fourth-order valence-corrected chi connectivity index (χ4v) is 11.2. The van der Waals surface area contributed by atoms with Crippen molar-refractivity contribution in [2.45, 2.75) is 145 Å². The highest BCUT2D eigenvalue weighted by Gasteiger charge is 2.76. The molecule has 4 amide bonds. The molecule has 12 heteroatoms. The lowest BCUT2D eigenvalue weighted by Gasteiger charge is -2.36. The number of rotatable bonds is 17. The van der Waals surface area contributed by atoms with E-state index in [-0.39, 0.29) is 53.0 Å². The fourth-order valence-electron chi connectivity index (χ4n) is 9.49. The van der Waals surface area contributed by atoms with Gasteiger partial charge in [0.15, 0.2) is 5.25 Å². The molecule has 0 radical (unpaired) electrons. The average Bonchev–Trinajstić information content (AvgIpc) is 4.10. The molecule has 1 aromatic rings. The third-order valence-corrected chi connectivity index (χ3v) is 14.7. The highest BCUT2D eigenvalue weighted by molar-refractivity contribution is 7.91. The SMILES string of the molecule is C=C[C@@H]1C[C@]1(NC(=O)[C@@H]1CCCN1C(=O)[C@@H](NC(C)CCCCCCc1cccc2c1CN(C(=O)OC)C2)C1CCCCC1)C(=O)N[S+](O)C1C2CC21. The molecule has 4 unspecified atom stereocenters. The summed E-state index contributed by atoms with van der Waals surface area (Å²) >= 11 is -1.18. The molecule has 0 bridgehead atoms. The molecule has 2 heterocycles. The number of benzene rings is 1. The van der Waals surface area contributed by atoms with Crippen LogP contribution >= 0.6 is 0 Å². The van der Waals surface area contributed by atoms with Crippen molar-refractivity contribution in [3.8, 4) is 0 Å². The first-order valence-electron chi connectivity index (χ1n) is 20.3. The van der Waals surface area contributed by atoms with E-state index in [1.165, 1.54) is 30.2 Å². The van der Waals surface area contributed by atoms with Gasteiger partial charge in [-0.1, -0.05) is 62.8 Å². The number of carbonyl (C=O) groups is 4. The highest BCUT2D eigenvalue weighted by Crippen LogP contribution is 2.65. The molecular formula is C41H60N5O6S+. The zero-order valence-corrected chi connectivity index (χ0v) is 32.5. The standard InChI is InChI=1S/C41H59N5O6S/c1-4-30-23-41(30,39(49)44-53(51)36-31-22-32(31)36)43-37(47)34-20-13-21-46(34)38(48)35(28-16-10-7-11-17-28)42-26(2)14-8-5-6-9-15-27-18-12-19-29-24-45(25-33(27)29)40(50)52-3/h4,12,18-19,26,28,30-32,34-36,42,51H,1,5-11,13-17,20-25H2,2-3H3,(H-,43,44,47,49)/p+1/t26?,30-,31?,32?,34+,35+,36?,41-,53?/m1/s1. The molecule has 290 valence electrons. The lowest BCUT2D eigenvalue weighted by Crippen LogP contribution is -2.59. The molecule has 1 saturated heterocycles. The first-order valence-corrected chi connectivity index (χ1v) is 21.6. The quantitative estimate of drug-likeness (QED) is 0.0953. The monoisotopic (exact) mass is 750 g/mol. The van der Waals surface area contributed by atoms with Crippen molar-refractivity contribution in [3.05, 3.63) is 47.5 Å². The number of ether oxygens (including phenoxy) is 1. The van der Waals surface area contributed by atoms with Gasteiger partial charge in [-0.3, -0.25) is 19.3 Å². The number of aryl methyl sites for hydroxylation is 1. The minimum absolute atomic E-state index is 0.0157. The molecule has 4 aliphatic carbocycles. The van der Waals surface area contributed by atoms with E-state index in [0.717, 1.165) is 77.0 Å². The van der Waals surface area contributed by atoms with Crippen LogP contribution < -0.4 is 15.4 Å². The molecular weight excluding hydrogens is 691 g/mol. The predicted molar refractivity (Wildman–Crippen MR) is 205 cm³/mol. The van der Waals surface area contributed by atoms with E-state index in [0.29, 0.717) is 44.3 Å². The van der Waals surface area contributed by atoms with E-state index in [9.17, 15) is 23.7 Å². The van der Waals surface area contributed by atoms with Crippen LogP contribution in [0.25, 0.3) is 0 Å². The highest BCUT2D eigenvalue weighted by atomic mass is 32.2. The molecule has 2 aliphatic heterocycles. The number of nitrogens with zero attached hydrogens (tertiary/aromatic N) is 2. The van der Waals surface area contributed by atoms with Crippen LogP contribution in [0, 0.1) is 23.7 Å². The van der Waals surface area contributed by atoms with Gasteiger partial charge in [0.05, 0.1) is 13.2 Å². The van der Waals surface area contributed by atoms with E-state index in [1.54, 1.807) is 15.9 Å². The Morgan fingerprint density at radius 3 is 2.53 bits per heavy atom. The molecule has 53 heavy (non-hydrogen) atoms. The summed E-state index contributed by atoms with van der Waals surface area (Å²) in [4.78, 5) is 57.3. The molecule has 4 N–H and O–H groups in total. The predicted octanol–water partition coefficient (Wildman–Crippen LogP) is 5.38. The maximum absolute atomic E-state index is 14.4. The molecule has 0 spiro atoms. The number of likely N-dealkylation sites (tertiary alicyclic amines) is 1. The van der Waals surface area contributed by atoms with Crippen molar-refractivity contribution >= 4 is 35.2 Å². The molecule has 0 aromatic heterocycles. The van der Waals surface area contributed by atoms with Crippen molar-refractivity contribution in [2.24, 2.45) is 23.7 Å².